The number of rotatable bonds is 7. The third kappa shape index (κ3) is 3.76. The first kappa shape index (κ1) is 18.6. The predicted molar refractivity (Wildman–Crippen MR) is 111 cm³/mol. The highest BCUT2D eigenvalue weighted by Crippen LogP contribution is 2.28. The molecule has 1 aliphatic rings. The summed E-state index contributed by atoms with van der Waals surface area (Å²) in [5.41, 5.74) is 9.06. The van der Waals surface area contributed by atoms with E-state index in [1.807, 2.05) is 19.1 Å². The van der Waals surface area contributed by atoms with Crippen LogP contribution in [0.3, 0.4) is 0 Å². The van der Waals surface area contributed by atoms with Crippen molar-refractivity contribution in [2.24, 2.45) is 5.73 Å². The molecule has 0 radical (unpaired) electrons. The van der Waals surface area contributed by atoms with E-state index in [4.69, 9.17) is 10.7 Å². The highest BCUT2D eigenvalue weighted by Gasteiger charge is 2.23. The maximum atomic E-state index is 11.9. The molecule has 1 amide bonds. The van der Waals surface area contributed by atoms with Crippen molar-refractivity contribution in [2.45, 2.75) is 32.1 Å². The number of fused-ring (bicyclic) bond motifs is 1. The summed E-state index contributed by atoms with van der Waals surface area (Å²) in [5, 5.41) is 0.929. The number of aromatic nitrogens is 2. The lowest BCUT2D eigenvalue weighted by atomic mass is 9.91. The predicted octanol–water partition coefficient (Wildman–Crippen LogP) is 3.32. The van der Waals surface area contributed by atoms with Crippen molar-refractivity contribution < 1.29 is 4.79 Å². The Kier molecular flexibility index (Phi) is 5.35. The van der Waals surface area contributed by atoms with Crippen LogP contribution in [0.5, 0.6) is 0 Å². The fourth-order valence-corrected chi connectivity index (χ4v) is 3.90. The van der Waals surface area contributed by atoms with E-state index in [1.165, 1.54) is 25.1 Å². The molecule has 5 heteroatoms. The van der Waals surface area contributed by atoms with Crippen LogP contribution in [-0.4, -0.2) is 40.4 Å². The second kappa shape index (κ2) is 8.07. The minimum Gasteiger partial charge on any atom is -0.366 e. The van der Waals surface area contributed by atoms with Crippen molar-refractivity contribution in [2.75, 3.05) is 19.6 Å². The zero-order valence-electron chi connectivity index (χ0n) is 16.3. The van der Waals surface area contributed by atoms with Crippen molar-refractivity contribution in [1.82, 2.24) is 14.9 Å². The average Bonchev–Trinajstić information content (AvgIpc) is 2.69. The fourth-order valence-electron chi connectivity index (χ4n) is 3.90. The van der Waals surface area contributed by atoms with E-state index in [1.54, 1.807) is 6.07 Å². The topological polar surface area (TPSA) is 72.1 Å². The molecule has 5 nitrogen and oxygen atoms in total. The lowest BCUT2D eigenvalue weighted by molar-refractivity contribution is 0.100. The van der Waals surface area contributed by atoms with Gasteiger partial charge >= 0.3 is 0 Å². The van der Waals surface area contributed by atoms with Crippen molar-refractivity contribution in [3.63, 3.8) is 0 Å². The summed E-state index contributed by atoms with van der Waals surface area (Å²) in [6.45, 7) is 5.39. The van der Waals surface area contributed by atoms with Crippen LogP contribution in [0.4, 0.5) is 0 Å². The van der Waals surface area contributed by atoms with E-state index in [0.717, 1.165) is 36.3 Å². The molecule has 1 aliphatic heterocycles. The van der Waals surface area contributed by atoms with Gasteiger partial charge in [-0.15, -0.1) is 0 Å². The van der Waals surface area contributed by atoms with E-state index < -0.39 is 5.91 Å². The molecule has 3 aromatic rings. The first-order valence-electron chi connectivity index (χ1n) is 10.0. The summed E-state index contributed by atoms with van der Waals surface area (Å²) < 4.78 is 0. The Bertz CT molecular complexity index is 983. The number of amides is 1. The number of nitrogens with two attached hydrogens (primary N) is 1. The molecular formula is C23H26N4O. The largest absolute Gasteiger partial charge is 0.366 e. The fraction of sp³-hybridized carbons (Fsp3) is 0.348. The molecule has 1 fully saturated rings. The van der Waals surface area contributed by atoms with Gasteiger partial charge in [0.1, 0.15) is 5.82 Å². The van der Waals surface area contributed by atoms with E-state index in [2.05, 4.69) is 40.2 Å². The average molecular weight is 374 g/mol. The van der Waals surface area contributed by atoms with Crippen LogP contribution in [-0.2, 0) is 12.8 Å². The van der Waals surface area contributed by atoms with E-state index in [-0.39, 0.29) is 0 Å². The number of hydrogen-bond donors (Lipinski definition) is 1. The quantitative estimate of drug-likeness (QED) is 0.689. The molecule has 1 aromatic heterocycles. The Morgan fingerprint density at radius 3 is 2.54 bits per heavy atom. The number of para-hydroxylation sites is 1. The Hall–Kier alpha value is -2.79. The van der Waals surface area contributed by atoms with Gasteiger partial charge in [0.25, 0.3) is 5.91 Å². The minimum atomic E-state index is -0.447. The first-order valence-corrected chi connectivity index (χ1v) is 10.0. The second-order valence-corrected chi connectivity index (χ2v) is 7.47. The standard InChI is InChI=1S/C23H26N4O/c1-2-21-25-20(18-10-6-11-19(23(24)28)22(18)26-21)14-17(15-27-12-7-13-27)16-8-4-3-5-9-16/h3-6,8-11,17H,2,7,12-15H2,1H3,(H2,24,28). The molecule has 0 spiro atoms. The number of likely N-dealkylation sites (tertiary alicyclic amines) is 1. The number of nitrogens with zero attached hydrogens (tertiary/aromatic N) is 3. The summed E-state index contributed by atoms with van der Waals surface area (Å²) >= 11 is 0. The molecular weight excluding hydrogens is 348 g/mol. The zero-order valence-corrected chi connectivity index (χ0v) is 16.3. The van der Waals surface area contributed by atoms with Gasteiger partial charge < -0.3 is 10.6 Å². The van der Waals surface area contributed by atoms with Crippen LogP contribution in [0, 0.1) is 0 Å². The number of aryl methyl sites for hydroxylation is 1. The molecule has 144 valence electrons. The van der Waals surface area contributed by atoms with Gasteiger partial charge in [0, 0.05) is 24.3 Å². The minimum absolute atomic E-state index is 0.349. The van der Waals surface area contributed by atoms with Crippen LogP contribution in [0.2, 0.25) is 0 Å². The van der Waals surface area contributed by atoms with Gasteiger partial charge in [-0.05, 0) is 37.6 Å². The van der Waals surface area contributed by atoms with E-state index in [0.29, 0.717) is 17.0 Å². The molecule has 0 saturated carbocycles. The monoisotopic (exact) mass is 374 g/mol. The van der Waals surface area contributed by atoms with Gasteiger partial charge in [0.05, 0.1) is 16.8 Å². The Balaban J connectivity index is 1.77. The molecule has 2 heterocycles. The third-order valence-corrected chi connectivity index (χ3v) is 5.57. The third-order valence-electron chi connectivity index (χ3n) is 5.57. The molecule has 0 bridgehead atoms. The maximum absolute atomic E-state index is 11.9. The van der Waals surface area contributed by atoms with Crippen LogP contribution < -0.4 is 5.73 Å². The van der Waals surface area contributed by atoms with E-state index >= 15 is 0 Å². The highest BCUT2D eigenvalue weighted by atomic mass is 16.1. The Labute approximate surface area is 165 Å². The summed E-state index contributed by atoms with van der Waals surface area (Å²) in [5.74, 6) is 0.658. The van der Waals surface area contributed by atoms with Crippen LogP contribution in [0.25, 0.3) is 10.9 Å². The number of primary amides is 1. The first-order chi connectivity index (χ1) is 13.7. The molecule has 1 saturated heterocycles. The lowest BCUT2D eigenvalue weighted by Crippen LogP contribution is -2.40. The van der Waals surface area contributed by atoms with Gasteiger partial charge in [-0.2, -0.15) is 0 Å². The summed E-state index contributed by atoms with van der Waals surface area (Å²) in [6, 6.07) is 16.3. The highest BCUT2D eigenvalue weighted by molar-refractivity contribution is 6.05. The van der Waals surface area contributed by atoms with Crippen LogP contribution in [0.15, 0.2) is 48.5 Å². The zero-order chi connectivity index (χ0) is 19.5. The molecule has 2 aromatic carbocycles. The smallest absolute Gasteiger partial charge is 0.250 e. The van der Waals surface area contributed by atoms with Gasteiger partial charge in [-0.1, -0.05) is 49.4 Å². The second-order valence-electron chi connectivity index (χ2n) is 7.47. The maximum Gasteiger partial charge on any atom is 0.250 e. The van der Waals surface area contributed by atoms with E-state index in [9.17, 15) is 4.79 Å². The van der Waals surface area contributed by atoms with Gasteiger partial charge in [-0.3, -0.25) is 4.79 Å². The number of carbonyl (C=O) groups excluding carboxylic acids is 1. The summed E-state index contributed by atoms with van der Waals surface area (Å²) in [7, 11) is 0. The van der Waals surface area contributed by atoms with Crippen LogP contribution >= 0.6 is 0 Å². The van der Waals surface area contributed by atoms with Crippen molar-refractivity contribution in [1.29, 1.82) is 0 Å². The number of carbonyl (C=O) groups is 1. The lowest BCUT2D eigenvalue weighted by Gasteiger charge is -2.34. The van der Waals surface area contributed by atoms with Crippen molar-refractivity contribution in [3.8, 4) is 0 Å². The molecule has 28 heavy (non-hydrogen) atoms. The normalized spacial score (nSPS) is 15.3. The van der Waals surface area contributed by atoms with Gasteiger partial charge in [-0.25, -0.2) is 9.97 Å². The molecule has 2 N–H and O–H groups in total. The molecule has 4 rings (SSSR count). The molecule has 0 aliphatic carbocycles. The van der Waals surface area contributed by atoms with Crippen molar-refractivity contribution in [3.05, 3.63) is 71.2 Å². The summed E-state index contributed by atoms with van der Waals surface area (Å²) in [6.07, 6.45) is 2.81. The van der Waals surface area contributed by atoms with Gasteiger partial charge in [0.15, 0.2) is 0 Å². The SMILES string of the molecule is CCc1nc(CC(CN2CCC2)c2ccccc2)c2cccc(C(N)=O)c2n1. The molecule has 1 unspecified atom stereocenters. The number of benzene rings is 2. The van der Waals surface area contributed by atoms with Gasteiger partial charge in [0.2, 0.25) is 0 Å². The molecule has 1 atom stereocenters. The van der Waals surface area contributed by atoms with Crippen molar-refractivity contribution >= 4 is 16.8 Å². The Morgan fingerprint density at radius 1 is 1.11 bits per heavy atom. The Morgan fingerprint density at radius 2 is 1.89 bits per heavy atom. The summed E-state index contributed by atoms with van der Waals surface area (Å²) in [4.78, 5) is 23.9. The number of hydrogen-bond acceptors (Lipinski definition) is 4. The van der Waals surface area contributed by atoms with Crippen LogP contribution in [0.1, 0.15) is 46.7 Å².